The van der Waals surface area contributed by atoms with Crippen LogP contribution in [0.5, 0.6) is 5.75 Å². The molecule has 0 bridgehead atoms. The fraction of sp³-hybridized carbons (Fsp3) is 0.238. The average Bonchev–Trinajstić information content (AvgIpc) is 2.72. The van der Waals surface area contributed by atoms with Gasteiger partial charge in [0.05, 0.1) is 18.4 Å². The van der Waals surface area contributed by atoms with E-state index in [1.807, 2.05) is 31.2 Å². The third kappa shape index (κ3) is 4.78. The number of hydrogen-bond donors (Lipinski definition) is 2. The molecule has 8 heteroatoms. The van der Waals surface area contributed by atoms with Crippen LogP contribution in [0.4, 0.5) is 0 Å². The zero-order valence-electron chi connectivity index (χ0n) is 16.3. The number of rotatable bonds is 6. The van der Waals surface area contributed by atoms with Crippen LogP contribution in [-0.2, 0) is 11.3 Å². The van der Waals surface area contributed by atoms with Crippen molar-refractivity contribution >= 4 is 22.6 Å². The quantitative estimate of drug-likeness (QED) is 0.622. The number of nitrogens with zero attached hydrogens (tertiary/aromatic N) is 2. The molecule has 0 atom stereocenters. The van der Waals surface area contributed by atoms with Gasteiger partial charge in [-0.25, -0.2) is 4.68 Å². The van der Waals surface area contributed by atoms with Gasteiger partial charge in [0.25, 0.3) is 11.5 Å². The number of aryl methyl sites for hydroxylation is 2. The van der Waals surface area contributed by atoms with Gasteiger partial charge in [0.15, 0.2) is 5.69 Å². The number of aromatic nitrogens is 2. The van der Waals surface area contributed by atoms with Crippen LogP contribution in [0.25, 0.3) is 10.8 Å². The van der Waals surface area contributed by atoms with Gasteiger partial charge in [0.1, 0.15) is 5.75 Å². The number of hydrogen-bond acceptors (Lipinski definition) is 5. The highest BCUT2D eigenvalue weighted by Gasteiger charge is 2.16. The van der Waals surface area contributed by atoms with Crippen LogP contribution in [-0.4, -0.2) is 28.2 Å². The van der Waals surface area contributed by atoms with Crippen molar-refractivity contribution in [3.63, 3.8) is 0 Å². The Bertz CT molecular complexity index is 1110. The topological polar surface area (TPSA) is 102 Å². The molecule has 0 aliphatic heterocycles. The Hall–Kier alpha value is -3.68. The van der Waals surface area contributed by atoms with Gasteiger partial charge >= 0.3 is 0 Å². The minimum atomic E-state index is -0.601. The summed E-state index contributed by atoms with van der Waals surface area (Å²) in [6, 6.07) is 14.2. The summed E-state index contributed by atoms with van der Waals surface area (Å²) >= 11 is 0. The highest BCUT2D eigenvalue weighted by atomic mass is 16.5. The van der Waals surface area contributed by atoms with Crippen LogP contribution in [0, 0.1) is 6.92 Å². The van der Waals surface area contributed by atoms with Crippen molar-refractivity contribution < 1.29 is 14.3 Å². The van der Waals surface area contributed by atoms with Crippen molar-refractivity contribution in [3.8, 4) is 5.75 Å². The first-order valence-electron chi connectivity index (χ1n) is 9.28. The lowest BCUT2D eigenvalue weighted by atomic mass is 10.1. The van der Waals surface area contributed by atoms with Crippen LogP contribution >= 0.6 is 0 Å². The van der Waals surface area contributed by atoms with E-state index in [1.165, 1.54) is 4.68 Å². The summed E-state index contributed by atoms with van der Waals surface area (Å²) in [4.78, 5) is 36.9. The number of benzene rings is 2. The van der Waals surface area contributed by atoms with Gasteiger partial charge in [0.2, 0.25) is 5.91 Å². The molecule has 1 aromatic heterocycles. The summed E-state index contributed by atoms with van der Waals surface area (Å²) < 4.78 is 6.74. The third-order valence-electron chi connectivity index (χ3n) is 4.29. The third-order valence-corrected chi connectivity index (χ3v) is 4.29. The second-order valence-electron chi connectivity index (χ2n) is 6.43. The van der Waals surface area contributed by atoms with E-state index in [4.69, 9.17) is 4.74 Å². The van der Waals surface area contributed by atoms with E-state index in [9.17, 15) is 14.4 Å². The summed E-state index contributed by atoms with van der Waals surface area (Å²) in [6.07, 6.45) is 0.0663. The highest BCUT2D eigenvalue weighted by molar-refractivity contribution is 6.05. The molecule has 0 aliphatic rings. The molecule has 2 aromatic carbocycles. The largest absolute Gasteiger partial charge is 0.493 e. The number of ether oxygens (including phenoxy) is 1. The summed E-state index contributed by atoms with van der Waals surface area (Å²) in [5, 5.41) is 4.95. The molecule has 0 unspecified atom stereocenters. The van der Waals surface area contributed by atoms with Gasteiger partial charge in [-0.2, -0.15) is 5.10 Å². The molecule has 0 saturated carbocycles. The molecule has 0 spiro atoms. The Kier molecular flexibility index (Phi) is 6.23. The molecule has 3 aromatic rings. The number of hydrazine groups is 1. The lowest BCUT2D eigenvalue weighted by molar-refractivity contribution is -0.122. The molecule has 8 nitrogen and oxygen atoms in total. The highest BCUT2D eigenvalue weighted by Crippen LogP contribution is 2.13. The fourth-order valence-corrected chi connectivity index (χ4v) is 2.83. The van der Waals surface area contributed by atoms with Gasteiger partial charge in [-0.1, -0.05) is 30.3 Å². The Morgan fingerprint density at radius 2 is 1.83 bits per heavy atom. The Labute approximate surface area is 167 Å². The van der Waals surface area contributed by atoms with Gasteiger partial charge in [-0.05, 0) is 37.6 Å². The molecule has 0 fully saturated rings. The zero-order valence-corrected chi connectivity index (χ0v) is 16.3. The summed E-state index contributed by atoms with van der Waals surface area (Å²) in [6.45, 7) is 4.22. The molecule has 2 N–H and O–H groups in total. The lowest BCUT2D eigenvalue weighted by Gasteiger charge is -2.11. The fourth-order valence-electron chi connectivity index (χ4n) is 2.83. The molecular weight excluding hydrogens is 372 g/mol. The molecule has 0 saturated heterocycles. The standard InChI is InChI=1S/C21H22N4O4/c1-3-25-21(28)17-10-5-4-9-16(17)19(24-25)20(27)23-22-18(26)11-12-29-15-8-6-7-14(2)13-15/h4-10,13H,3,11-12H2,1-2H3,(H,22,26)(H,23,27). The zero-order chi connectivity index (χ0) is 20.8. The van der Waals surface area contributed by atoms with Crippen molar-refractivity contribution in [2.45, 2.75) is 26.8 Å². The van der Waals surface area contributed by atoms with Crippen LogP contribution in [0.3, 0.4) is 0 Å². The number of carbonyl (C=O) groups is 2. The molecule has 150 valence electrons. The van der Waals surface area contributed by atoms with Crippen molar-refractivity contribution in [2.75, 3.05) is 6.61 Å². The minimum absolute atomic E-state index is 0.0663. The van der Waals surface area contributed by atoms with Crippen LogP contribution in [0.15, 0.2) is 53.3 Å². The molecule has 29 heavy (non-hydrogen) atoms. The summed E-state index contributed by atoms with van der Waals surface area (Å²) in [5.74, 6) is -0.324. The first-order chi connectivity index (χ1) is 14.0. The number of fused-ring (bicyclic) bond motifs is 1. The Morgan fingerprint density at radius 1 is 1.07 bits per heavy atom. The number of nitrogens with one attached hydrogen (secondary N) is 2. The maximum absolute atomic E-state index is 12.5. The maximum Gasteiger partial charge on any atom is 0.290 e. The van der Waals surface area contributed by atoms with Gasteiger partial charge in [-0.3, -0.25) is 25.2 Å². The van der Waals surface area contributed by atoms with Gasteiger partial charge in [0, 0.05) is 11.9 Å². The van der Waals surface area contributed by atoms with E-state index in [0.717, 1.165) is 5.56 Å². The molecule has 0 radical (unpaired) electrons. The van der Waals surface area contributed by atoms with Crippen molar-refractivity contribution in [3.05, 3.63) is 70.1 Å². The SMILES string of the molecule is CCn1nc(C(=O)NNC(=O)CCOc2cccc(C)c2)c2ccccc2c1=O. The monoisotopic (exact) mass is 394 g/mol. The number of amides is 2. The first kappa shape index (κ1) is 20.1. The minimum Gasteiger partial charge on any atom is -0.493 e. The lowest BCUT2D eigenvalue weighted by Crippen LogP contribution is -2.43. The van der Waals surface area contributed by atoms with Crippen LogP contribution in [0.1, 0.15) is 29.4 Å². The molecule has 2 amide bonds. The van der Waals surface area contributed by atoms with E-state index in [1.54, 1.807) is 31.2 Å². The van der Waals surface area contributed by atoms with Crippen LogP contribution < -0.4 is 21.1 Å². The van der Waals surface area contributed by atoms with E-state index in [2.05, 4.69) is 16.0 Å². The molecule has 0 aliphatic carbocycles. The molecular formula is C21H22N4O4. The smallest absolute Gasteiger partial charge is 0.290 e. The summed E-state index contributed by atoms with van der Waals surface area (Å²) in [5.41, 5.74) is 5.56. The molecule has 3 rings (SSSR count). The van der Waals surface area contributed by atoms with Crippen LogP contribution in [0.2, 0.25) is 0 Å². The second-order valence-corrected chi connectivity index (χ2v) is 6.43. The Morgan fingerprint density at radius 3 is 2.55 bits per heavy atom. The predicted molar refractivity (Wildman–Crippen MR) is 109 cm³/mol. The Balaban J connectivity index is 1.61. The van der Waals surface area contributed by atoms with Gasteiger partial charge in [-0.15, -0.1) is 0 Å². The van der Waals surface area contributed by atoms with Crippen molar-refractivity contribution in [1.82, 2.24) is 20.6 Å². The van der Waals surface area contributed by atoms with E-state index >= 15 is 0 Å². The van der Waals surface area contributed by atoms with Gasteiger partial charge < -0.3 is 4.74 Å². The van der Waals surface area contributed by atoms with E-state index < -0.39 is 11.8 Å². The van der Waals surface area contributed by atoms with Crippen molar-refractivity contribution in [2.24, 2.45) is 0 Å². The maximum atomic E-state index is 12.5. The molecule has 1 heterocycles. The van der Waals surface area contributed by atoms with Crippen molar-refractivity contribution in [1.29, 1.82) is 0 Å². The normalized spacial score (nSPS) is 10.6. The first-order valence-corrected chi connectivity index (χ1v) is 9.28. The average molecular weight is 394 g/mol. The van der Waals surface area contributed by atoms with E-state index in [-0.39, 0.29) is 24.3 Å². The summed E-state index contributed by atoms with van der Waals surface area (Å²) in [7, 11) is 0. The predicted octanol–water partition coefficient (Wildman–Crippen LogP) is 1.95. The second kappa shape index (κ2) is 9.01. The van der Waals surface area contributed by atoms with E-state index in [0.29, 0.717) is 23.1 Å². The number of carbonyl (C=O) groups excluding carboxylic acids is 2.